The molecule has 104 valence electrons. The van der Waals surface area contributed by atoms with Gasteiger partial charge in [-0.25, -0.2) is 0 Å². The predicted octanol–water partition coefficient (Wildman–Crippen LogP) is 3.66. The van der Waals surface area contributed by atoms with Crippen molar-refractivity contribution in [3.63, 3.8) is 0 Å². The monoisotopic (exact) mass is 426 g/mol. The first-order valence-corrected chi connectivity index (χ1v) is 14.7. The summed E-state index contributed by atoms with van der Waals surface area (Å²) in [7, 11) is 0. The van der Waals surface area contributed by atoms with Crippen molar-refractivity contribution in [1.82, 2.24) is 6.61 Å². The molecule has 0 saturated heterocycles. The van der Waals surface area contributed by atoms with Gasteiger partial charge in [0.15, 0.2) is 0 Å². The van der Waals surface area contributed by atoms with Crippen molar-refractivity contribution in [3.8, 4) is 0 Å². The molecule has 0 unspecified atom stereocenters. The first-order valence-electron chi connectivity index (χ1n) is 7.56. The molecular formula is C16H26HfN2. The minimum atomic E-state index is -2.91. The summed E-state index contributed by atoms with van der Waals surface area (Å²) in [6.07, 6.45) is 18.5. The van der Waals surface area contributed by atoms with E-state index in [1.807, 2.05) is 0 Å². The van der Waals surface area contributed by atoms with E-state index in [-0.39, 0.29) is 0 Å². The Hall–Kier alpha value is -0.250. The van der Waals surface area contributed by atoms with Crippen LogP contribution in [0.4, 0.5) is 0 Å². The van der Waals surface area contributed by atoms with Crippen LogP contribution in [0.1, 0.15) is 39.5 Å². The Morgan fingerprint density at radius 1 is 0.895 bits per heavy atom. The summed E-state index contributed by atoms with van der Waals surface area (Å²) in [6, 6.07) is 0. The van der Waals surface area contributed by atoms with Gasteiger partial charge in [-0.3, -0.25) is 0 Å². The van der Waals surface area contributed by atoms with Crippen molar-refractivity contribution in [2.24, 2.45) is 0 Å². The standard InChI is InChI=1S/2C5H5.2C3H8N.Hf/c2*1-2-4-5-3-1;2*1-2-3-4;/h2*1-3H,4H2;2*4H,2-3H2,1H3;/q;;2*-1;+2. The summed E-state index contributed by atoms with van der Waals surface area (Å²) < 4.78 is 11.3. The van der Waals surface area contributed by atoms with Crippen LogP contribution in [-0.4, -0.2) is 13.1 Å². The molecule has 0 aromatic heterocycles. The van der Waals surface area contributed by atoms with Crippen LogP contribution >= 0.6 is 0 Å². The van der Waals surface area contributed by atoms with Crippen LogP contribution in [0.3, 0.4) is 0 Å². The third-order valence-corrected chi connectivity index (χ3v) is 19.0. The second-order valence-corrected chi connectivity index (χ2v) is 17.8. The maximum atomic E-state index is 4.00. The van der Waals surface area contributed by atoms with E-state index in [4.69, 9.17) is 0 Å². The average Bonchev–Trinajstić information content (AvgIpc) is 3.12. The van der Waals surface area contributed by atoms with Crippen molar-refractivity contribution in [2.45, 2.75) is 39.5 Å². The Kier molecular flexibility index (Phi) is 5.99. The van der Waals surface area contributed by atoms with Gasteiger partial charge in [0.1, 0.15) is 0 Å². The van der Waals surface area contributed by atoms with Gasteiger partial charge in [-0.2, -0.15) is 0 Å². The quantitative estimate of drug-likeness (QED) is 0.581. The van der Waals surface area contributed by atoms with Gasteiger partial charge in [0.25, 0.3) is 0 Å². The Bertz CT molecular complexity index is 378. The van der Waals surface area contributed by atoms with Crippen molar-refractivity contribution in [1.29, 1.82) is 0 Å². The van der Waals surface area contributed by atoms with Gasteiger partial charge in [-0.1, -0.05) is 0 Å². The van der Waals surface area contributed by atoms with Crippen LogP contribution in [0.25, 0.3) is 0 Å². The Balaban J connectivity index is 2.25. The number of hydrogen-bond acceptors (Lipinski definition) is 2. The zero-order chi connectivity index (χ0) is 13.6. The molecule has 0 bridgehead atoms. The molecule has 0 aromatic carbocycles. The Morgan fingerprint density at radius 2 is 1.37 bits per heavy atom. The molecule has 2 N–H and O–H groups in total. The first-order chi connectivity index (χ1) is 9.33. The van der Waals surface area contributed by atoms with Crippen molar-refractivity contribution in [3.05, 3.63) is 43.1 Å². The third kappa shape index (κ3) is 3.45. The molecule has 0 aliphatic heterocycles. The molecule has 0 amide bonds. The first kappa shape index (κ1) is 15.1. The second-order valence-electron chi connectivity index (χ2n) is 5.25. The fourth-order valence-electron chi connectivity index (χ4n) is 2.80. The summed E-state index contributed by atoms with van der Waals surface area (Å²) in [6.45, 7) is 6.78. The van der Waals surface area contributed by atoms with E-state index in [1.165, 1.54) is 12.8 Å². The van der Waals surface area contributed by atoms with E-state index < -0.39 is 20.5 Å². The molecule has 0 heterocycles. The van der Waals surface area contributed by atoms with E-state index in [1.54, 1.807) is 6.66 Å². The van der Waals surface area contributed by atoms with Gasteiger partial charge in [-0.15, -0.1) is 0 Å². The molecule has 0 spiro atoms. The molecule has 19 heavy (non-hydrogen) atoms. The second kappa shape index (κ2) is 7.51. The minimum absolute atomic E-state index is 1.13. The molecule has 0 saturated carbocycles. The zero-order valence-corrected chi connectivity index (χ0v) is 15.8. The van der Waals surface area contributed by atoms with Gasteiger partial charge >= 0.3 is 123 Å². The van der Waals surface area contributed by atoms with Crippen LogP contribution in [-0.2, 0) is 20.5 Å². The maximum absolute atomic E-state index is 4.00. The van der Waals surface area contributed by atoms with E-state index in [0.717, 1.165) is 25.9 Å². The van der Waals surface area contributed by atoms with Crippen molar-refractivity contribution >= 4 is 0 Å². The number of nitrogens with one attached hydrogen (secondary N) is 2. The van der Waals surface area contributed by atoms with Gasteiger partial charge in [-0.05, 0) is 0 Å². The molecule has 0 radical (unpaired) electrons. The topological polar surface area (TPSA) is 24.1 Å². The van der Waals surface area contributed by atoms with E-state index in [2.05, 4.69) is 56.9 Å². The molecule has 0 aromatic rings. The molecule has 2 aliphatic carbocycles. The number of rotatable bonds is 8. The van der Waals surface area contributed by atoms with Gasteiger partial charge in [0, 0.05) is 0 Å². The van der Waals surface area contributed by atoms with Gasteiger partial charge in [0.2, 0.25) is 0 Å². The number of hydrogen-bond donors (Lipinski definition) is 2. The average molecular weight is 425 g/mol. The van der Waals surface area contributed by atoms with Crippen molar-refractivity contribution in [2.75, 3.05) is 13.1 Å². The van der Waals surface area contributed by atoms with E-state index >= 15 is 0 Å². The third-order valence-electron chi connectivity index (χ3n) is 3.79. The summed E-state index contributed by atoms with van der Waals surface area (Å²) in [4.78, 5) is 0. The SMILES string of the molecule is CCC[NH][Hf]([NH]CCC)([C]1=CC=CC1)[C]1=CC=CC1. The fraction of sp³-hybridized carbons (Fsp3) is 0.500. The molecule has 0 atom stereocenters. The van der Waals surface area contributed by atoms with E-state index in [9.17, 15) is 0 Å². The van der Waals surface area contributed by atoms with Crippen LogP contribution in [0.5, 0.6) is 0 Å². The van der Waals surface area contributed by atoms with Gasteiger partial charge in [0.05, 0.1) is 0 Å². The summed E-state index contributed by atoms with van der Waals surface area (Å²) >= 11 is -2.91. The van der Waals surface area contributed by atoms with Gasteiger partial charge < -0.3 is 0 Å². The summed E-state index contributed by atoms with van der Waals surface area (Å²) in [5.74, 6) is 0. The molecule has 0 fully saturated rings. The normalized spacial score (nSPS) is 18.0. The van der Waals surface area contributed by atoms with Crippen LogP contribution in [0.15, 0.2) is 43.1 Å². The molecule has 2 nitrogen and oxygen atoms in total. The van der Waals surface area contributed by atoms with Crippen LogP contribution in [0.2, 0.25) is 0 Å². The van der Waals surface area contributed by atoms with Crippen LogP contribution < -0.4 is 6.61 Å². The number of allylic oxidation sites excluding steroid dienone is 8. The Morgan fingerprint density at radius 3 is 1.68 bits per heavy atom. The molecular weight excluding hydrogens is 399 g/mol. The zero-order valence-electron chi connectivity index (χ0n) is 12.2. The molecule has 2 rings (SSSR count). The summed E-state index contributed by atoms with van der Waals surface area (Å²) in [5, 5.41) is 0. The van der Waals surface area contributed by atoms with E-state index in [0.29, 0.717) is 0 Å². The Labute approximate surface area is 122 Å². The molecule has 3 heteroatoms. The molecule has 2 aliphatic rings. The predicted molar refractivity (Wildman–Crippen MR) is 80.3 cm³/mol. The fourth-order valence-corrected chi connectivity index (χ4v) is 18.0. The summed E-state index contributed by atoms with van der Waals surface area (Å²) in [5.41, 5.74) is 0. The van der Waals surface area contributed by atoms with Crippen LogP contribution in [0, 0.1) is 0 Å². The van der Waals surface area contributed by atoms with Crippen molar-refractivity contribution < 1.29 is 20.5 Å².